The van der Waals surface area contributed by atoms with E-state index >= 15 is 0 Å². The molecule has 2 aromatic carbocycles. The number of rotatable bonds is 10. The number of carbonyl (C=O) groups is 3. The Bertz CT molecular complexity index is 991. The van der Waals surface area contributed by atoms with Crippen LogP contribution in [-0.4, -0.2) is 42.3 Å². The predicted octanol–water partition coefficient (Wildman–Crippen LogP) is 3.92. The average molecular weight is 451 g/mol. The molecule has 2 aliphatic carbocycles. The van der Waals surface area contributed by atoms with Gasteiger partial charge in [0, 0.05) is 24.4 Å². The number of fused-ring (bicyclic) bond motifs is 3. The molecule has 0 unspecified atom stereocenters. The van der Waals surface area contributed by atoms with Gasteiger partial charge < -0.3 is 20.5 Å². The number of carboxylic acids is 1. The minimum absolute atomic E-state index is 0.00679. The number of hydrogen-bond acceptors (Lipinski definition) is 4. The third-order valence-corrected chi connectivity index (χ3v) is 6.52. The number of ether oxygens (including phenoxy) is 1. The number of nitrogens with one attached hydrogen (secondary N) is 2. The second-order valence-electron chi connectivity index (χ2n) is 8.90. The van der Waals surface area contributed by atoms with Crippen LogP contribution in [0, 0.1) is 11.8 Å². The highest BCUT2D eigenvalue weighted by molar-refractivity contribution is 5.82. The molecule has 3 N–H and O–H groups in total. The van der Waals surface area contributed by atoms with Crippen molar-refractivity contribution in [3.05, 3.63) is 59.7 Å². The third kappa shape index (κ3) is 5.35. The molecule has 0 aliphatic heterocycles. The quantitative estimate of drug-likeness (QED) is 0.509. The summed E-state index contributed by atoms with van der Waals surface area (Å²) in [5.74, 6) is -1.18. The molecule has 3 atom stereocenters. The molecule has 0 aromatic heterocycles. The van der Waals surface area contributed by atoms with Crippen molar-refractivity contribution < 1.29 is 24.2 Å². The first-order valence-corrected chi connectivity index (χ1v) is 11.6. The van der Waals surface area contributed by atoms with Crippen LogP contribution < -0.4 is 10.6 Å². The van der Waals surface area contributed by atoms with Crippen molar-refractivity contribution in [1.29, 1.82) is 0 Å². The van der Waals surface area contributed by atoms with Gasteiger partial charge in [-0.1, -0.05) is 61.9 Å². The minimum atomic E-state index is -0.919. The van der Waals surface area contributed by atoms with Crippen molar-refractivity contribution in [3.8, 4) is 11.1 Å². The standard InChI is InChI=1S/C26H30N2O5/c1-2-7-17(13-24(29)30)28-25(31)22-12-16(22)14-27-26(32)33-15-23-20-10-5-3-8-18(20)19-9-4-6-11-21(19)23/h3-6,8-11,16-17,22-23H,2,7,12-15H2,1H3,(H,27,32)(H,28,31)(H,29,30)/t16-,17-,22-/m0/s1. The molecule has 4 rings (SSSR count). The predicted molar refractivity (Wildman–Crippen MR) is 124 cm³/mol. The third-order valence-electron chi connectivity index (χ3n) is 6.52. The average Bonchev–Trinajstić information content (AvgIpc) is 3.51. The molecule has 1 fully saturated rings. The molecule has 0 radical (unpaired) electrons. The van der Waals surface area contributed by atoms with Crippen molar-refractivity contribution in [2.24, 2.45) is 11.8 Å². The lowest BCUT2D eigenvalue weighted by Gasteiger charge is -2.16. The topological polar surface area (TPSA) is 105 Å². The van der Waals surface area contributed by atoms with Gasteiger partial charge in [-0.25, -0.2) is 4.79 Å². The minimum Gasteiger partial charge on any atom is -0.481 e. The molecular weight excluding hydrogens is 420 g/mol. The summed E-state index contributed by atoms with van der Waals surface area (Å²) >= 11 is 0. The van der Waals surface area contributed by atoms with E-state index in [9.17, 15) is 14.4 Å². The van der Waals surface area contributed by atoms with E-state index < -0.39 is 12.1 Å². The van der Waals surface area contributed by atoms with Crippen LogP contribution in [0.2, 0.25) is 0 Å². The first-order chi connectivity index (χ1) is 16.0. The molecule has 7 heteroatoms. The van der Waals surface area contributed by atoms with Crippen LogP contribution in [0.15, 0.2) is 48.5 Å². The normalized spacial score (nSPS) is 19.2. The lowest BCUT2D eigenvalue weighted by Crippen LogP contribution is -2.38. The maximum absolute atomic E-state index is 12.4. The zero-order valence-corrected chi connectivity index (χ0v) is 18.8. The van der Waals surface area contributed by atoms with Gasteiger partial charge in [0.15, 0.2) is 0 Å². The van der Waals surface area contributed by atoms with E-state index in [0.29, 0.717) is 19.4 Å². The maximum atomic E-state index is 12.4. The van der Waals surface area contributed by atoms with Gasteiger partial charge in [0.25, 0.3) is 0 Å². The summed E-state index contributed by atoms with van der Waals surface area (Å²) in [4.78, 5) is 35.7. The number of alkyl carbamates (subject to hydrolysis) is 1. The lowest BCUT2D eigenvalue weighted by molar-refractivity contribution is -0.137. The van der Waals surface area contributed by atoms with Crippen molar-refractivity contribution in [2.75, 3.05) is 13.2 Å². The van der Waals surface area contributed by atoms with E-state index in [4.69, 9.17) is 9.84 Å². The van der Waals surface area contributed by atoms with Crippen LogP contribution >= 0.6 is 0 Å². The number of hydrogen-bond donors (Lipinski definition) is 3. The van der Waals surface area contributed by atoms with E-state index in [2.05, 4.69) is 34.9 Å². The maximum Gasteiger partial charge on any atom is 0.407 e. The molecular formula is C26H30N2O5. The Morgan fingerprint density at radius 2 is 1.70 bits per heavy atom. The number of aliphatic carboxylic acids is 1. The van der Waals surface area contributed by atoms with Crippen molar-refractivity contribution >= 4 is 18.0 Å². The van der Waals surface area contributed by atoms with E-state index in [1.807, 2.05) is 31.2 Å². The molecule has 0 heterocycles. The van der Waals surface area contributed by atoms with E-state index in [-0.39, 0.29) is 42.7 Å². The van der Waals surface area contributed by atoms with Gasteiger partial charge in [-0.15, -0.1) is 0 Å². The van der Waals surface area contributed by atoms with Crippen molar-refractivity contribution in [3.63, 3.8) is 0 Å². The van der Waals surface area contributed by atoms with Crippen LogP contribution in [0.1, 0.15) is 49.7 Å². The molecule has 2 aliphatic rings. The molecule has 7 nitrogen and oxygen atoms in total. The summed E-state index contributed by atoms with van der Waals surface area (Å²) in [5, 5.41) is 14.6. The summed E-state index contributed by atoms with van der Waals surface area (Å²) in [6, 6.07) is 16.0. The molecule has 0 spiro atoms. The Morgan fingerprint density at radius 1 is 1.06 bits per heavy atom. The molecule has 33 heavy (non-hydrogen) atoms. The monoisotopic (exact) mass is 450 g/mol. The SMILES string of the molecule is CCC[C@@H](CC(=O)O)NC(=O)[C@H]1C[C@H]1CNC(=O)OCC1c2ccccc2-c2ccccc21. The first kappa shape index (κ1) is 22.8. The second-order valence-corrected chi connectivity index (χ2v) is 8.90. The summed E-state index contributed by atoms with van der Waals surface area (Å²) in [6.07, 6.45) is 1.55. The molecule has 2 amide bonds. The number of benzene rings is 2. The zero-order valence-electron chi connectivity index (χ0n) is 18.8. The van der Waals surface area contributed by atoms with Crippen LogP contribution in [0.4, 0.5) is 4.79 Å². The van der Waals surface area contributed by atoms with E-state index in [0.717, 1.165) is 17.5 Å². The van der Waals surface area contributed by atoms with Crippen molar-refractivity contribution in [2.45, 2.75) is 44.6 Å². The number of carboxylic acid groups (broad SMARTS) is 1. The van der Waals surface area contributed by atoms with Gasteiger partial charge in [0.1, 0.15) is 6.61 Å². The Kier molecular flexibility index (Phi) is 6.96. The fourth-order valence-electron chi connectivity index (χ4n) is 4.75. The molecule has 0 saturated heterocycles. The summed E-state index contributed by atoms with van der Waals surface area (Å²) in [6.45, 7) is 2.58. The highest BCUT2D eigenvalue weighted by Crippen LogP contribution is 2.44. The van der Waals surface area contributed by atoms with Crippen LogP contribution in [-0.2, 0) is 14.3 Å². The first-order valence-electron chi connectivity index (χ1n) is 11.6. The highest BCUT2D eigenvalue weighted by atomic mass is 16.5. The lowest BCUT2D eigenvalue weighted by atomic mass is 9.98. The van der Waals surface area contributed by atoms with Gasteiger partial charge in [-0.2, -0.15) is 0 Å². The van der Waals surface area contributed by atoms with E-state index in [1.165, 1.54) is 11.1 Å². The van der Waals surface area contributed by atoms with Crippen LogP contribution in [0.5, 0.6) is 0 Å². The van der Waals surface area contributed by atoms with E-state index in [1.54, 1.807) is 0 Å². The highest BCUT2D eigenvalue weighted by Gasteiger charge is 2.43. The van der Waals surface area contributed by atoms with Gasteiger partial charge in [0.05, 0.1) is 6.42 Å². The number of amides is 2. The van der Waals surface area contributed by atoms with Gasteiger partial charge in [-0.3, -0.25) is 9.59 Å². The molecule has 2 aromatic rings. The summed E-state index contributed by atoms with van der Waals surface area (Å²) < 4.78 is 5.54. The van der Waals surface area contributed by atoms with Gasteiger partial charge in [-0.05, 0) is 41.0 Å². The van der Waals surface area contributed by atoms with Crippen molar-refractivity contribution in [1.82, 2.24) is 10.6 Å². The Hall–Kier alpha value is -3.35. The van der Waals surface area contributed by atoms with Gasteiger partial charge >= 0.3 is 12.1 Å². The smallest absolute Gasteiger partial charge is 0.407 e. The van der Waals surface area contributed by atoms with Crippen LogP contribution in [0.3, 0.4) is 0 Å². The largest absolute Gasteiger partial charge is 0.481 e. The summed E-state index contributed by atoms with van der Waals surface area (Å²) in [5.41, 5.74) is 4.68. The molecule has 0 bridgehead atoms. The molecule has 174 valence electrons. The Morgan fingerprint density at radius 3 is 2.30 bits per heavy atom. The fraction of sp³-hybridized carbons (Fsp3) is 0.423. The fourth-order valence-corrected chi connectivity index (χ4v) is 4.75. The van der Waals surface area contributed by atoms with Crippen LogP contribution in [0.25, 0.3) is 11.1 Å². The Balaban J connectivity index is 1.23. The zero-order chi connectivity index (χ0) is 23.4. The Labute approximate surface area is 193 Å². The molecule has 1 saturated carbocycles. The number of carbonyl (C=O) groups excluding carboxylic acids is 2. The summed E-state index contributed by atoms with van der Waals surface area (Å²) in [7, 11) is 0. The van der Waals surface area contributed by atoms with Gasteiger partial charge in [0.2, 0.25) is 5.91 Å². The second kappa shape index (κ2) is 10.1.